The fourth-order valence-corrected chi connectivity index (χ4v) is 2.95. The SMILES string of the molecule is C=C1C(=O)O[C@@H](c2ccc([N+](=O)[O-])cc2)[C@]1(C)c1ccccc1. The molecule has 0 spiro atoms. The highest BCUT2D eigenvalue weighted by atomic mass is 16.6. The van der Waals surface area contributed by atoms with Crippen LogP contribution in [-0.4, -0.2) is 10.9 Å². The summed E-state index contributed by atoms with van der Waals surface area (Å²) in [6, 6.07) is 15.6. The predicted molar refractivity (Wildman–Crippen MR) is 84.9 cm³/mol. The highest BCUT2D eigenvalue weighted by Gasteiger charge is 2.50. The summed E-state index contributed by atoms with van der Waals surface area (Å²) in [6.45, 7) is 5.81. The van der Waals surface area contributed by atoms with Crippen LogP contribution in [-0.2, 0) is 14.9 Å². The third-order valence-electron chi connectivity index (χ3n) is 4.40. The molecule has 0 saturated carbocycles. The summed E-state index contributed by atoms with van der Waals surface area (Å²) < 4.78 is 5.52. The van der Waals surface area contributed by atoms with Gasteiger partial charge < -0.3 is 4.74 Å². The first-order valence-corrected chi connectivity index (χ1v) is 7.15. The van der Waals surface area contributed by atoms with E-state index in [4.69, 9.17) is 4.74 Å². The number of carbonyl (C=O) groups is 1. The molecule has 0 aromatic heterocycles. The van der Waals surface area contributed by atoms with Crippen molar-refractivity contribution in [2.75, 3.05) is 0 Å². The molecule has 0 aliphatic carbocycles. The predicted octanol–water partition coefficient (Wildman–Crippen LogP) is 3.71. The molecule has 2 atom stereocenters. The van der Waals surface area contributed by atoms with Crippen molar-refractivity contribution < 1.29 is 14.5 Å². The lowest BCUT2D eigenvalue weighted by molar-refractivity contribution is -0.384. The van der Waals surface area contributed by atoms with Crippen molar-refractivity contribution in [3.8, 4) is 0 Å². The van der Waals surface area contributed by atoms with Gasteiger partial charge in [0.1, 0.15) is 6.10 Å². The number of nitro benzene ring substituents is 1. The zero-order valence-electron chi connectivity index (χ0n) is 12.6. The van der Waals surface area contributed by atoms with E-state index in [1.807, 2.05) is 37.3 Å². The van der Waals surface area contributed by atoms with Crippen molar-refractivity contribution >= 4 is 11.7 Å². The molecule has 1 aliphatic rings. The van der Waals surface area contributed by atoms with Gasteiger partial charge in [-0.25, -0.2) is 4.79 Å². The maximum absolute atomic E-state index is 12.1. The van der Waals surface area contributed by atoms with Gasteiger partial charge in [0.05, 0.1) is 10.3 Å². The molecule has 2 aromatic carbocycles. The van der Waals surface area contributed by atoms with E-state index in [2.05, 4.69) is 6.58 Å². The minimum absolute atomic E-state index is 0.00156. The van der Waals surface area contributed by atoms with Gasteiger partial charge in [-0.1, -0.05) is 36.9 Å². The maximum Gasteiger partial charge on any atom is 0.335 e. The molecule has 1 saturated heterocycles. The summed E-state index contributed by atoms with van der Waals surface area (Å²) in [5.41, 5.74) is 1.28. The average molecular weight is 309 g/mol. The van der Waals surface area contributed by atoms with E-state index in [1.54, 1.807) is 12.1 Å². The molecule has 0 unspecified atom stereocenters. The Kier molecular flexibility index (Phi) is 3.48. The molecule has 5 nitrogen and oxygen atoms in total. The Bertz CT molecular complexity index is 782. The second kappa shape index (κ2) is 5.35. The number of non-ortho nitro benzene ring substituents is 1. The van der Waals surface area contributed by atoms with Crippen molar-refractivity contribution in [2.45, 2.75) is 18.4 Å². The monoisotopic (exact) mass is 309 g/mol. The highest BCUT2D eigenvalue weighted by molar-refractivity contribution is 5.94. The molecular formula is C18H15NO4. The number of esters is 1. The summed E-state index contributed by atoms with van der Waals surface area (Å²) in [4.78, 5) is 22.4. The smallest absolute Gasteiger partial charge is 0.335 e. The lowest BCUT2D eigenvalue weighted by atomic mass is 9.72. The van der Waals surface area contributed by atoms with Crippen LogP contribution in [0.4, 0.5) is 5.69 Å². The molecule has 1 heterocycles. The highest BCUT2D eigenvalue weighted by Crippen LogP contribution is 2.50. The third kappa shape index (κ3) is 2.30. The Hall–Kier alpha value is -2.95. The Morgan fingerprint density at radius 2 is 1.74 bits per heavy atom. The summed E-state index contributed by atoms with van der Waals surface area (Å²) in [5.74, 6) is -0.445. The van der Waals surface area contributed by atoms with Gasteiger partial charge in [-0.3, -0.25) is 10.1 Å². The van der Waals surface area contributed by atoms with E-state index in [0.29, 0.717) is 11.1 Å². The van der Waals surface area contributed by atoms with Crippen molar-refractivity contribution in [1.29, 1.82) is 0 Å². The molecule has 3 rings (SSSR count). The number of nitro groups is 1. The van der Waals surface area contributed by atoms with Crippen molar-refractivity contribution in [2.24, 2.45) is 0 Å². The second-order valence-corrected chi connectivity index (χ2v) is 5.68. The van der Waals surface area contributed by atoms with Crippen LogP contribution in [0, 0.1) is 10.1 Å². The van der Waals surface area contributed by atoms with E-state index in [1.165, 1.54) is 12.1 Å². The molecule has 0 radical (unpaired) electrons. The van der Waals surface area contributed by atoms with Crippen molar-refractivity contribution in [3.05, 3.63) is 88.0 Å². The van der Waals surface area contributed by atoms with Gasteiger partial charge >= 0.3 is 5.97 Å². The zero-order chi connectivity index (χ0) is 16.6. The van der Waals surface area contributed by atoms with Crippen LogP contribution in [0.1, 0.15) is 24.2 Å². The minimum Gasteiger partial charge on any atom is -0.453 e. The molecular weight excluding hydrogens is 294 g/mol. The molecule has 23 heavy (non-hydrogen) atoms. The number of ether oxygens (including phenoxy) is 1. The number of nitrogens with zero attached hydrogens (tertiary/aromatic N) is 1. The van der Waals surface area contributed by atoms with Crippen LogP contribution in [0.25, 0.3) is 0 Å². The van der Waals surface area contributed by atoms with Gasteiger partial charge in [0.15, 0.2) is 0 Å². The lowest BCUT2D eigenvalue weighted by Crippen LogP contribution is -2.27. The molecule has 1 aliphatic heterocycles. The van der Waals surface area contributed by atoms with E-state index in [-0.39, 0.29) is 5.69 Å². The Morgan fingerprint density at radius 3 is 2.30 bits per heavy atom. The van der Waals surface area contributed by atoms with Crippen LogP contribution in [0.2, 0.25) is 0 Å². The largest absolute Gasteiger partial charge is 0.453 e. The zero-order valence-corrected chi connectivity index (χ0v) is 12.6. The van der Waals surface area contributed by atoms with Gasteiger partial charge in [-0.2, -0.15) is 0 Å². The first-order chi connectivity index (χ1) is 10.9. The molecule has 0 N–H and O–H groups in total. The Balaban J connectivity index is 2.08. The van der Waals surface area contributed by atoms with Gasteiger partial charge in [-0.15, -0.1) is 0 Å². The van der Waals surface area contributed by atoms with E-state index in [9.17, 15) is 14.9 Å². The van der Waals surface area contributed by atoms with Crippen molar-refractivity contribution in [3.63, 3.8) is 0 Å². The molecule has 116 valence electrons. The third-order valence-corrected chi connectivity index (χ3v) is 4.40. The maximum atomic E-state index is 12.1. The topological polar surface area (TPSA) is 69.4 Å². The van der Waals surface area contributed by atoms with Crippen LogP contribution < -0.4 is 0 Å². The number of carbonyl (C=O) groups excluding carboxylic acids is 1. The van der Waals surface area contributed by atoms with E-state index in [0.717, 1.165) is 5.56 Å². The van der Waals surface area contributed by atoms with Crippen molar-refractivity contribution in [1.82, 2.24) is 0 Å². The summed E-state index contributed by atoms with van der Waals surface area (Å²) >= 11 is 0. The van der Waals surface area contributed by atoms with Gasteiger partial charge in [0.25, 0.3) is 5.69 Å². The van der Waals surface area contributed by atoms with Crippen LogP contribution in [0.5, 0.6) is 0 Å². The fraction of sp³-hybridized carbons (Fsp3) is 0.167. The summed E-state index contributed by atoms with van der Waals surface area (Å²) in [6.07, 6.45) is -0.564. The van der Waals surface area contributed by atoms with Crippen LogP contribution >= 0.6 is 0 Å². The first kappa shape index (κ1) is 15.0. The summed E-state index contributed by atoms with van der Waals surface area (Å²) in [5, 5.41) is 10.8. The Morgan fingerprint density at radius 1 is 1.13 bits per heavy atom. The lowest BCUT2D eigenvalue weighted by Gasteiger charge is -2.30. The number of benzene rings is 2. The molecule has 5 heteroatoms. The first-order valence-electron chi connectivity index (χ1n) is 7.15. The molecule has 1 fully saturated rings. The summed E-state index contributed by atoms with van der Waals surface area (Å²) in [7, 11) is 0. The fourth-order valence-electron chi connectivity index (χ4n) is 2.95. The average Bonchev–Trinajstić information content (AvgIpc) is 2.81. The van der Waals surface area contributed by atoms with Gasteiger partial charge in [0, 0.05) is 17.7 Å². The molecule has 2 aromatic rings. The second-order valence-electron chi connectivity index (χ2n) is 5.68. The molecule has 0 bridgehead atoms. The van der Waals surface area contributed by atoms with Gasteiger partial charge in [0.2, 0.25) is 0 Å². The number of rotatable bonds is 3. The number of hydrogen-bond acceptors (Lipinski definition) is 4. The van der Waals surface area contributed by atoms with E-state index < -0.39 is 22.4 Å². The normalized spacial score (nSPS) is 23.6. The van der Waals surface area contributed by atoms with Gasteiger partial charge in [-0.05, 0) is 30.2 Å². The van der Waals surface area contributed by atoms with Crippen LogP contribution in [0.15, 0.2) is 66.7 Å². The number of cyclic esters (lactones) is 1. The quantitative estimate of drug-likeness (QED) is 0.375. The minimum atomic E-state index is -0.714. The standard InChI is InChI=1S/C18H15NO4/c1-12-17(20)23-16(13-8-10-15(11-9-13)19(21)22)18(12,2)14-6-4-3-5-7-14/h3-11,16H,1H2,2H3/t16-,18-/m0/s1. The van der Waals surface area contributed by atoms with Crippen LogP contribution in [0.3, 0.4) is 0 Å². The molecule has 0 amide bonds. The Labute approximate surface area is 133 Å². The van der Waals surface area contributed by atoms with E-state index >= 15 is 0 Å². The number of hydrogen-bond donors (Lipinski definition) is 0.